The van der Waals surface area contributed by atoms with Gasteiger partial charge in [-0.25, -0.2) is 4.79 Å². The number of hydrogen-bond donors (Lipinski definition) is 8. The molecule has 0 fully saturated rings. The highest BCUT2D eigenvalue weighted by Crippen LogP contribution is 2.06. The molecule has 0 saturated heterocycles. The number of carbonyl (C=O) groups is 7. The number of carbonyl (C=O) groups excluding carboxylic acids is 5. The fourth-order valence-electron chi connectivity index (χ4n) is 2.54. The molecule has 0 aromatic heterocycles. The fraction of sp³-hybridized carbons (Fsp3) is 0.611. The minimum absolute atomic E-state index is 0.122. The normalized spacial score (nSPS) is 14.3. The number of nitrogens with one attached hydrogen (secondary N) is 3. The van der Waals surface area contributed by atoms with E-state index in [4.69, 9.17) is 27.4 Å². The average molecular weight is 474 g/mol. The lowest BCUT2D eigenvalue weighted by molar-refractivity contribution is -0.147. The zero-order valence-electron chi connectivity index (χ0n) is 18.2. The first kappa shape index (κ1) is 29.2. The molecule has 0 aromatic rings. The molecule has 5 amide bonds. The molecule has 11 N–H and O–H groups in total. The Hall–Kier alpha value is -3.75. The van der Waals surface area contributed by atoms with Gasteiger partial charge in [0.25, 0.3) is 0 Å². The van der Waals surface area contributed by atoms with Gasteiger partial charge < -0.3 is 43.4 Å². The third-order valence-corrected chi connectivity index (χ3v) is 4.32. The summed E-state index contributed by atoms with van der Waals surface area (Å²) in [6, 6.07) is -5.85. The van der Waals surface area contributed by atoms with E-state index in [0.29, 0.717) is 0 Å². The number of carboxylic acid groups (broad SMARTS) is 2. The Balaban J connectivity index is 5.43. The molecule has 15 nitrogen and oxygen atoms in total. The minimum Gasteiger partial charge on any atom is -0.481 e. The third kappa shape index (κ3) is 11.4. The molecule has 0 bridgehead atoms. The van der Waals surface area contributed by atoms with Gasteiger partial charge in [0.15, 0.2) is 0 Å². The molecular weight excluding hydrogens is 444 g/mol. The zero-order valence-corrected chi connectivity index (χ0v) is 18.2. The monoisotopic (exact) mass is 474 g/mol. The second kappa shape index (κ2) is 13.6. The molecular formula is C18H30N6O9. The largest absolute Gasteiger partial charge is 0.481 e. The van der Waals surface area contributed by atoms with Crippen molar-refractivity contribution in [1.82, 2.24) is 16.0 Å². The van der Waals surface area contributed by atoms with Gasteiger partial charge in [0.2, 0.25) is 29.5 Å². The number of nitrogens with two attached hydrogens (primary N) is 3. The van der Waals surface area contributed by atoms with Crippen LogP contribution >= 0.6 is 0 Å². The highest BCUT2D eigenvalue weighted by Gasteiger charge is 2.33. The number of carboxylic acids is 2. The molecule has 4 unspecified atom stereocenters. The van der Waals surface area contributed by atoms with E-state index in [1.165, 1.54) is 13.8 Å². The van der Waals surface area contributed by atoms with E-state index in [1.807, 2.05) is 5.32 Å². The maximum atomic E-state index is 12.7. The SMILES string of the molecule is CC(C)C(NC(=O)C(CC(N)=O)NC(=O)C(N)CCC(N)=O)C(=O)NC(CC(=O)O)C(=O)O. The van der Waals surface area contributed by atoms with Crippen LogP contribution in [0.4, 0.5) is 0 Å². The molecule has 0 heterocycles. The van der Waals surface area contributed by atoms with Gasteiger partial charge >= 0.3 is 11.9 Å². The minimum atomic E-state index is -1.75. The van der Waals surface area contributed by atoms with Crippen LogP contribution in [-0.2, 0) is 33.6 Å². The Kier molecular flexibility index (Phi) is 12.1. The van der Waals surface area contributed by atoms with Crippen LogP contribution in [0, 0.1) is 5.92 Å². The number of amides is 5. The predicted molar refractivity (Wildman–Crippen MR) is 111 cm³/mol. The van der Waals surface area contributed by atoms with E-state index < -0.39 is 84.4 Å². The summed E-state index contributed by atoms with van der Waals surface area (Å²) in [5.74, 6) is -8.19. The Morgan fingerprint density at radius 2 is 1.30 bits per heavy atom. The molecule has 0 radical (unpaired) electrons. The lowest BCUT2D eigenvalue weighted by Crippen LogP contribution is -2.59. The van der Waals surface area contributed by atoms with E-state index in [1.54, 1.807) is 0 Å². The summed E-state index contributed by atoms with van der Waals surface area (Å²) in [7, 11) is 0. The van der Waals surface area contributed by atoms with E-state index in [2.05, 4.69) is 10.6 Å². The second-order valence-corrected chi connectivity index (χ2v) is 7.57. The number of rotatable bonds is 15. The van der Waals surface area contributed by atoms with Gasteiger partial charge in [-0.05, 0) is 12.3 Å². The van der Waals surface area contributed by atoms with Gasteiger partial charge in [-0.1, -0.05) is 13.8 Å². The van der Waals surface area contributed by atoms with Crippen LogP contribution in [0.2, 0.25) is 0 Å². The summed E-state index contributed by atoms with van der Waals surface area (Å²) >= 11 is 0. The Labute approximate surface area is 188 Å². The van der Waals surface area contributed by atoms with Gasteiger partial charge in [0.1, 0.15) is 18.1 Å². The van der Waals surface area contributed by atoms with Crippen LogP contribution in [0.5, 0.6) is 0 Å². The number of aliphatic carboxylic acids is 2. The van der Waals surface area contributed by atoms with Crippen molar-refractivity contribution in [1.29, 1.82) is 0 Å². The summed E-state index contributed by atoms with van der Waals surface area (Å²) in [5, 5.41) is 24.4. The van der Waals surface area contributed by atoms with Gasteiger partial charge in [-0.3, -0.25) is 28.8 Å². The fourth-order valence-corrected chi connectivity index (χ4v) is 2.54. The molecule has 0 saturated carbocycles. The average Bonchev–Trinajstić information content (AvgIpc) is 2.67. The molecule has 33 heavy (non-hydrogen) atoms. The molecule has 0 aliphatic carbocycles. The summed E-state index contributed by atoms with van der Waals surface area (Å²) in [6.07, 6.45) is -1.87. The van der Waals surface area contributed by atoms with E-state index in [0.717, 1.165) is 0 Å². The van der Waals surface area contributed by atoms with Crippen LogP contribution in [0.1, 0.15) is 39.5 Å². The molecule has 0 aliphatic rings. The van der Waals surface area contributed by atoms with Gasteiger partial charge in [-0.2, -0.15) is 0 Å². The van der Waals surface area contributed by atoms with Gasteiger partial charge in [0.05, 0.1) is 18.9 Å². The van der Waals surface area contributed by atoms with E-state index >= 15 is 0 Å². The standard InChI is InChI=1S/C18H30N6O9/c1-7(2)14(17(31)23-10(18(32)33)6-13(27)28)24-16(30)9(5-12(21)26)22-15(29)8(19)3-4-11(20)25/h7-10,14H,3-6,19H2,1-2H3,(H2,20,25)(H2,21,26)(H,22,29)(H,23,31)(H,24,30)(H,27,28)(H,32,33). The Morgan fingerprint density at radius 3 is 1.73 bits per heavy atom. The molecule has 15 heteroatoms. The number of primary amides is 2. The predicted octanol–water partition coefficient (Wildman–Crippen LogP) is -3.88. The first-order chi connectivity index (χ1) is 15.1. The van der Waals surface area contributed by atoms with Crippen LogP contribution in [0.3, 0.4) is 0 Å². The summed E-state index contributed by atoms with van der Waals surface area (Å²) in [6.45, 7) is 3.03. The highest BCUT2D eigenvalue weighted by atomic mass is 16.4. The summed E-state index contributed by atoms with van der Waals surface area (Å²) in [5.41, 5.74) is 15.7. The van der Waals surface area contributed by atoms with Crippen molar-refractivity contribution in [2.75, 3.05) is 0 Å². The van der Waals surface area contributed by atoms with E-state index in [9.17, 15) is 33.6 Å². The van der Waals surface area contributed by atoms with Crippen molar-refractivity contribution in [3.8, 4) is 0 Å². The van der Waals surface area contributed by atoms with Crippen LogP contribution in [-0.4, -0.2) is 75.9 Å². The van der Waals surface area contributed by atoms with Crippen molar-refractivity contribution in [3.05, 3.63) is 0 Å². The van der Waals surface area contributed by atoms with Gasteiger partial charge in [0, 0.05) is 6.42 Å². The van der Waals surface area contributed by atoms with Crippen LogP contribution in [0.25, 0.3) is 0 Å². The maximum Gasteiger partial charge on any atom is 0.326 e. The zero-order chi connectivity index (χ0) is 25.9. The molecule has 4 atom stereocenters. The van der Waals surface area contributed by atoms with Gasteiger partial charge in [-0.15, -0.1) is 0 Å². The Morgan fingerprint density at radius 1 is 0.758 bits per heavy atom. The molecule has 0 aliphatic heterocycles. The third-order valence-electron chi connectivity index (χ3n) is 4.32. The molecule has 0 rings (SSSR count). The van der Waals surface area contributed by atoms with Crippen molar-refractivity contribution in [2.24, 2.45) is 23.1 Å². The number of hydrogen-bond acceptors (Lipinski definition) is 8. The molecule has 0 spiro atoms. The maximum absolute atomic E-state index is 12.7. The molecule has 0 aromatic carbocycles. The Bertz CT molecular complexity index is 785. The molecule has 186 valence electrons. The lowest BCUT2D eigenvalue weighted by atomic mass is 10.0. The quantitative estimate of drug-likeness (QED) is 0.114. The smallest absolute Gasteiger partial charge is 0.326 e. The van der Waals surface area contributed by atoms with Crippen molar-refractivity contribution in [3.63, 3.8) is 0 Å². The van der Waals surface area contributed by atoms with Crippen LogP contribution in [0.15, 0.2) is 0 Å². The first-order valence-corrected chi connectivity index (χ1v) is 9.83. The highest BCUT2D eigenvalue weighted by molar-refractivity contribution is 5.96. The first-order valence-electron chi connectivity index (χ1n) is 9.83. The van der Waals surface area contributed by atoms with Crippen molar-refractivity contribution >= 4 is 41.5 Å². The van der Waals surface area contributed by atoms with E-state index in [-0.39, 0.29) is 12.8 Å². The van der Waals surface area contributed by atoms with Crippen molar-refractivity contribution in [2.45, 2.75) is 63.7 Å². The van der Waals surface area contributed by atoms with Crippen molar-refractivity contribution < 1.29 is 43.8 Å². The summed E-state index contributed by atoms with van der Waals surface area (Å²) < 4.78 is 0. The summed E-state index contributed by atoms with van der Waals surface area (Å²) in [4.78, 5) is 81.6. The lowest BCUT2D eigenvalue weighted by Gasteiger charge is -2.26. The topological polar surface area (TPSA) is 274 Å². The second-order valence-electron chi connectivity index (χ2n) is 7.57. The van der Waals surface area contributed by atoms with Crippen LogP contribution < -0.4 is 33.2 Å².